The number of hydrogen-bond acceptors (Lipinski definition) is 3. The van der Waals surface area contributed by atoms with Gasteiger partial charge in [-0.3, -0.25) is 4.98 Å². The summed E-state index contributed by atoms with van der Waals surface area (Å²) in [5.74, 6) is -0.248. The zero-order valence-corrected chi connectivity index (χ0v) is 10.5. The van der Waals surface area contributed by atoms with Crippen LogP contribution in [0, 0.1) is 0 Å². The Hall–Kier alpha value is -1.98. The Labute approximate surface area is 108 Å². The normalized spacial score (nSPS) is 11.6. The molecule has 0 radical (unpaired) electrons. The number of halogens is 3. The van der Waals surface area contributed by atoms with Crippen LogP contribution in [-0.4, -0.2) is 18.4 Å². The highest BCUT2D eigenvalue weighted by molar-refractivity contribution is 5.92. The standard InChI is InChI=1S/C13H13F3N2O/c1-3-8-6-12(17-2)10-7-9(19-13(14,15)16)4-5-11(10)18-8/h4-7H,3H2,1-2H3,(H,17,18). The molecule has 0 atom stereocenters. The van der Waals surface area contributed by atoms with Gasteiger partial charge in [-0.25, -0.2) is 0 Å². The minimum absolute atomic E-state index is 0.248. The van der Waals surface area contributed by atoms with Crippen molar-refractivity contribution in [1.82, 2.24) is 4.98 Å². The van der Waals surface area contributed by atoms with Gasteiger partial charge in [-0.1, -0.05) is 6.92 Å². The van der Waals surface area contributed by atoms with Crippen molar-refractivity contribution in [3.63, 3.8) is 0 Å². The van der Waals surface area contributed by atoms with Gasteiger partial charge in [0.15, 0.2) is 0 Å². The van der Waals surface area contributed by atoms with E-state index >= 15 is 0 Å². The molecule has 1 N–H and O–H groups in total. The van der Waals surface area contributed by atoms with Gasteiger partial charge in [0.25, 0.3) is 0 Å². The summed E-state index contributed by atoms with van der Waals surface area (Å²) in [6.45, 7) is 1.97. The molecule has 0 saturated heterocycles. The summed E-state index contributed by atoms with van der Waals surface area (Å²) in [6.07, 6.45) is -3.93. The molecule has 0 saturated carbocycles. The monoisotopic (exact) mass is 270 g/mol. The van der Waals surface area contributed by atoms with Crippen LogP contribution in [0.25, 0.3) is 10.9 Å². The van der Waals surface area contributed by atoms with E-state index in [2.05, 4.69) is 15.0 Å². The van der Waals surface area contributed by atoms with Crippen molar-refractivity contribution in [1.29, 1.82) is 0 Å². The molecular formula is C13H13F3N2O. The number of aryl methyl sites for hydroxylation is 1. The van der Waals surface area contributed by atoms with E-state index in [1.165, 1.54) is 18.2 Å². The first kappa shape index (κ1) is 13.5. The summed E-state index contributed by atoms with van der Waals surface area (Å²) in [5.41, 5.74) is 2.24. The number of ether oxygens (including phenoxy) is 1. The molecule has 0 unspecified atom stereocenters. The van der Waals surface area contributed by atoms with Crippen LogP contribution in [0.1, 0.15) is 12.6 Å². The summed E-state index contributed by atoms with van der Waals surface area (Å²) in [7, 11) is 1.71. The Kier molecular flexibility index (Phi) is 3.50. The lowest BCUT2D eigenvalue weighted by Gasteiger charge is -2.12. The van der Waals surface area contributed by atoms with E-state index < -0.39 is 6.36 Å². The Balaban J connectivity index is 2.52. The van der Waals surface area contributed by atoms with Crippen molar-refractivity contribution in [3.8, 4) is 5.75 Å². The zero-order valence-electron chi connectivity index (χ0n) is 10.5. The van der Waals surface area contributed by atoms with Crippen LogP contribution >= 0.6 is 0 Å². The maximum atomic E-state index is 12.2. The Morgan fingerprint density at radius 3 is 2.58 bits per heavy atom. The second-order valence-electron chi connectivity index (χ2n) is 3.99. The number of hydrogen-bond donors (Lipinski definition) is 1. The van der Waals surface area contributed by atoms with Crippen LogP contribution in [0.5, 0.6) is 5.75 Å². The summed E-state index contributed by atoms with van der Waals surface area (Å²) in [4.78, 5) is 4.36. The van der Waals surface area contributed by atoms with Crippen molar-refractivity contribution >= 4 is 16.6 Å². The van der Waals surface area contributed by atoms with Gasteiger partial charge in [0.1, 0.15) is 5.75 Å². The smallest absolute Gasteiger partial charge is 0.406 e. The number of aromatic nitrogens is 1. The number of nitrogens with zero attached hydrogens (tertiary/aromatic N) is 1. The van der Waals surface area contributed by atoms with E-state index in [0.29, 0.717) is 10.9 Å². The fraction of sp³-hybridized carbons (Fsp3) is 0.308. The molecule has 1 aromatic heterocycles. The molecule has 1 heterocycles. The van der Waals surface area contributed by atoms with Crippen molar-refractivity contribution in [2.24, 2.45) is 0 Å². The largest absolute Gasteiger partial charge is 0.573 e. The average molecular weight is 270 g/mol. The summed E-state index contributed by atoms with van der Waals surface area (Å²) < 4.78 is 40.5. The van der Waals surface area contributed by atoms with Crippen molar-refractivity contribution in [2.45, 2.75) is 19.7 Å². The minimum atomic E-state index is -4.69. The van der Waals surface area contributed by atoms with Crippen LogP contribution in [0.15, 0.2) is 24.3 Å². The van der Waals surface area contributed by atoms with Crippen LogP contribution in [0.3, 0.4) is 0 Å². The molecule has 3 nitrogen and oxygen atoms in total. The van der Waals surface area contributed by atoms with E-state index in [9.17, 15) is 13.2 Å². The quantitative estimate of drug-likeness (QED) is 0.922. The number of anilines is 1. The van der Waals surface area contributed by atoms with Crippen molar-refractivity contribution in [2.75, 3.05) is 12.4 Å². The van der Waals surface area contributed by atoms with Gasteiger partial charge in [-0.2, -0.15) is 0 Å². The first-order chi connectivity index (χ1) is 8.93. The van der Waals surface area contributed by atoms with Crippen molar-refractivity contribution < 1.29 is 17.9 Å². The van der Waals surface area contributed by atoms with Crippen LogP contribution < -0.4 is 10.1 Å². The number of nitrogens with one attached hydrogen (secondary N) is 1. The Morgan fingerprint density at radius 1 is 1.26 bits per heavy atom. The van der Waals surface area contributed by atoms with E-state index in [1.807, 2.05) is 13.0 Å². The maximum Gasteiger partial charge on any atom is 0.573 e. The molecule has 19 heavy (non-hydrogen) atoms. The highest BCUT2D eigenvalue weighted by atomic mass is 19.4. The molecule has 0 aliphatic heterocycles. The fourth-order valence-corrected chi connectivity index (χ4v) is 1.84. The molecule has 2 aromatic rings. The number of pyridine rings is 1. The summed E-state index contributed by atoms with van der Waals surface area (Å²) in [5, 5.41) is 3.56. The van der Waals surface area contributed by atoms with Gasteiger partial charge in [-0.15, -0.1) is 13.2 Å². The number of benzene rings is 1. The zero-order chi connectivity index (χ0) is 14.0. The lowest BCUT2D eigenvalue weighted by atomic mass is 10.1. The molecule has 0 fully saturated rings. The van der Waals surface area contributed by atoms with Gasteiger partial charge < -0.3 is 10.1 Å². The third-order valence-corrected chi connectivity index (χ3v) is 2.70. The highest BCUT2D eigenvalue weighted by Gasteiger charge is 2.31. The average Bonchev–Trinajstić information content (AvgIpc) is 2.35. The van der Waals surface area contributed by atoms with E-state index in [4.69, 9.17) is 0 Å². The topological polar surface area (TPSA) is 34.1 Å². The number of rotatable bonds is 3. The minimum Gasteiger partial charge on any atom is -0.406 e. The van der Waals surface area contributed by atoms with E-state index in [-0.39, 0.29) is 5.75 Å². The molecule has 1 aromatic carbocycles. The molecule has 6 heteroatoms. The van der Waals surface area contributed by atoms with Gasteiger partial charge >= 0.3 is 6.36 Å². The lowest BCUT2D eigenvalue weighted by molar-refractivity contribution is -0.274. The number of fused-ring (bicyclic) bond motifs is 1. The Bertz CT molecular complexity index is 596. The predicted molar refractivity (Wildman–Crippen MR) is 67.4 cm³/mol. The number of alkyl halides is 3. The van der Waals surface area contributed by atoms with Gasteiger partial charge in [-0.05, 0) is 30.7 Å². The summed E-state index contributed by atoms with van der Waals surface area (Å²) in [6, 6.07) is 5.94. The lowest BCUT2D eigenvalue weighted by Crippen LogP contribution is -2.17. The van der Waals surface area contributed by atoms with Gasteiger partial charge in [0.05, 0.1) is 5.52 Å². The van der Waals surface area contributed by atoms with E-state index in [0.717, 1.165) is 17.8 Å². The second kappa shape index (κ2) is 4.95. The summed E-state index contributed by atoms with van der Waals surface area (Å²) >= 11 is 0. The molecule has 0 spiro atoms. The Morgan fingerprint density at radius 2 is 2.00 bits per heavy atom. The first-order valence-electron chi connectivity index (χ1n) is 5.80. The second-order valence-corrected chi connectivity index (χ2v) is 3.99. The third-order valence-electron chi connectivity index (χ3n) is 2.70. The van der Waals surface area contributed by atoms with E-state index in [1.54, 1.807) is 7.05 Å². The fourth-order valence-electron chi connectivity index (χ4n) is 1.84. The third kappa shape index (κ3) is 3.07. The molecule has 0 amide bonds. The SMILES string of the molecule is CCc1cc(NC)c2cc(OC(F)(F)F)ccc2n1. The molecule has 2 rings (SSSR count). The molecule has 0 aliphatic rings. The predicted octanol–water partition coefficient (Wildman–Crippen LogP) is 3.74. The van der Waals surface area contributed by atoms with Crippen molar-refractivity contribution in [3.05, 3.63) is 30.0 Å². The molecule has 102 valence electrons. The highest BCUT2D eigenvalue weighted by Crippen LogP contribution is 2.30. The van der Waals surface area contributed by atoms with Crippen LogP contribution in [-0.2, 0) is 6.42 Å². The maximum absolute atomic E-state index is 12.2. The molecule has 0 aliphatic carbocycles. The van der Waals surface area contributed by atoms with Gasteiger partial charge in [0.2, 0.25) is 0 Å². The molecule has 0 bridgehead atoms. The first-order valence-corrected chi connectivity index (χ1v) is 5.80. The van der Waals surface area contributed by atoms with Crippen LogP contribution in [0.2, 0.25) is 0 Å². The van der Waals surface area contributed by atoms with Crippen LogP contribution in [0.4, 0.5) is 18.9 Å². The molecular weight excluding hydrogens is 257 g/mol. The van der Waals surface area contributed by atoms with Gasteiger partial charge in [0, 0.05) is 23.8 Å².